The summed E-state index contributed by atoms with van der Waals surface area (Å²) in [5.41, 5.74) is 1.61. The number of hydrogen-bond donors (Lipinski definition) is 2. The molecule has 3 rings (SSSR count). The molecular weight excluding hydrogens is 212 g/mol. The molecule has 3 aromatic rings. The second-order valence-electron chi connectivity index (χ2n) is 3.98. The highest BCUT2D eigenvalue weighted by Gasteiger charge is 2.13. The van der Waals surface area contributed by atoms with Crippen molar-refractivity contribution in [3.8, 4) is 0 Å². The number of nitrogens with zero attached hydrogens (tertiary/aromatic N) is 1. The number of imidazole rings is 1. The molecule has 0 bridgehead atoms. The van der Waals surface area contributed by atoms with Gasteiger partial charge in [-0.05, 0) is 16.3 Å². The summed E-state index contributed by atoms with van der Waals surface area (Å²) < 4.78 is 0. The van der Waals surface area contributed by atoms with Crippen LogP contribution in [-0.4, -0.2) is 15.1 Å². The van der Waals surface area contributed by atoms with Gasteiger partial charge in [-0.25, -0.2) is 4.98 Å². The van der Waals surface area contributed by atoms with Gasteiger partial charge in [-0.3, -0.25) is 0 Å². The van der Waals surface area contributed by atoms with Gasteiger partial charge >= 0.3 is 0 Å². The Morgan fingerprint density at radius 1 is 1.06 bits per heavy atom. The highest BCUT2D eigenvalue weighted by Crippen LogP contribution is 2.27. The Morgan fingerprint density at radius 3 is 2.71 bits per heavy atom. The number of aliphatic hydroxyl groups is 1. The third kappa shape index (κ3) is 1.70. The first-order valence-electron chi connectivity index (χ1n) is 5.50. The van der Waals surface area contributed by atoms with E-state index in [1.807, 2.05) is 42.5 Å². The van der Waals surface area contributed by atoms with Crippen molar-refractivity contribution in [2.24, 2.45) is 0 Å². The van der Waals surface area contributed by atoms with Crippen LogP contribution in [0.4, 0.5) is 0 Å². The lowest BCUT2D eigenvalue weighted by Gasteiger charge is -2.11. The molecule has 0 spiro atoms. The van der Waals surface area contributed by atoms with E-state index in [1.165, 1.54) is 0 Å². The van der Waals surface area contributed by atoms with Crippen molar-refractivity contribution in [1.29, 1.82) is 0 Å². The number of rotatable bonds is 2. The van der Waals surface area contributed by atoms with E-state index in [0.717, 1.165) is 16.3 Å². The maximum atomic E-state index is 10.3. The fourth-order valence-corrected chi connectivity index (χ4v) is 2.07. The molecule has 1 atom stereocenters. The van der Waals surface area contributed by atoms with Crippen molar-refractivity contribution in [2.45, 2.75) is 6.10 Å². The van der Waals surface area contributed by atoms with Gasteiger partial charge in [0, 0.05) is 0 Å². The van der Waals surface area contributed by atoms with Crippen molar-refractivity contribution in [1.82, 2.24) is 9.97 Å². The summed E-state index contributed by atoms with van der Waals surface area (Å²) >= 11 is 0. The van der Waals surface area contributed by atoms with Crippen LogP contribution in [0.25, 0.3) is 10.8 Å². The zero-order chi connectivity index (χ0) is 11.7. The number of H-pyrrole nitrogens is 1. The lowest BCUT2D eigenvalue weighted by molar-refractivity contribution is 0.217. The van der Waals surface area contributed by atoms with E-state index >= 15 is 0 Å². The van der Waals surface area contributed by atoms with Crippen LogP contribution in [0.1, 0.15) is 17.4 Å². The number of nitrogens with one attached hydrogen (secondary N) is 1. The number of hydrogen-bond acceptors (Lipinski definition) is 2. The number of benzene rings is 2. The molecule has 2 aromatic carbocycles. The Labute approximate surface area is 98.8 Å². The second-order valence-corrected chi connectivity index (χ2v) is 3.98. The summed E-state index contributed by atoms with van der Waals surface area (Å²) in [4.78, 5) is 6.87. The predicted molar refractivity (Wildman–Crippen MR) is 66.6 cm³/mol. The van der Waals surface area contributed by atoms with E-state index in [-0.39, 0.29) is 0 Å². The topological polar surface area (TPSA) is 48.9 Å². The predicted octanol–water partition coefficient (Wildman–Crippen LogP) is 2.64. The minimum Gasteiger partial charge on any atom is -0.382 e. The largest absolute Gasteiger partial charge is 0.382 e. The van der Waals surface area contributed by atoms with Gasteiger partial charge in [-0.15, -0.1) is 0 Å². The average molecular weight is 224 g/mol. The highest BCUT2D eigenvalue weighted by molar-refractivity contribution is 5.86. The van der Waals surface area contributed by atoms with Crippen molar-refractivity contribution in [3.63, 3.8) is 0 Å². The van der Waals surface area contributed by atoms with Gasteiger partial charge in [-0.1, -0.05) is 42.5 Å². The minimum absolute atomic E-state index is 0.663. The standard InChI is InChI=1S/C14H12N2O/c17-14(13-8-15-9-16-13)12-7-3-5-10-4-1-2-6-11(10)12/h1-9,14,17H,(H,15,16)/t14-/m0/s1. The molecule has 0 amide bonds. The van der Waals surface area contributed by atoms with Crippen LogP contribution in [0, 0.1) is 0 Å². The molecule has 84 valence electrons. The number of aliphatic hydroxyl groups excluding tert-OH is 1. The summed E-state index contributed by atoms with van der Waals surface area (Å²) in [6, 6.07) is 14.0. The molecule has 0 saturated heterocycles. The van der Waals surface area contributed by atoms with E-state index in [4.69, 9.17) is 0 Å². The summed E-state index contributed by atoms with van der Waals surface area (Å²) in [7, 11) is 0. The van der Waals surface area contributed by atoms with Crippen molar-refractivity contribution in [2.75, 3.05) is 0 Å². The molecule has 0 aliphatic carbocycles. The number of aromatic nitrogens is 2. The van der Waals surface area contributed by atoms with E-state index in [0.29, 0.717) is 5.69 Å². The van der Waals surface area contributed by atoms with Crippen molar-refractivity contribution in [3.05, 3.63) is 66.2 Å². The average Bonchev–Trinajstić information content (AvgIpc) is 2.91. The van der Waals surface area contributed by atoms with Gasteiger partial charge in [0.15, 0.2) is 0 Å². The molecule has 1 heterocycles. The van der Waals surface area contributed by atoms with Crippen LogP contribution in [0.5, 0.6) is 0 Å². The molecule has 0 aliphatic heterocycles. The molecule has 1 aromatic heterocycles. The van der Waals surface area contributed by atoms with Crippen LogP contribution >= 0.6 is 0 Å². The molecule has 0 fully saturated rings. The molecule has 3 nitrogen and oxygen atoms in total. The zero-order valence-corrected chi connectivity index (χ0v) is 9.17. The molecule has 17 heavy (non-hydrogen) atoms. The quantitative estimate of drug-likeness (QED) is 0.703. The fraction of sp³-hybridized carbons (Fsp3) is 0.0714. The SMILES string of the molecule is O[C@H](c1cnc[nH]1)c1cccc2ccccc12. The molecule has 0 aliphatic rings. The normalized spacial score (nSPS) is 12.8. The van der Waals surface area contributed by atoms with Gasteiger partial charge < -0.3 is 10.1 Å². The maximum absolute atomic E-state index is 10.3. The number of aromatic amines is 1. The van der Waals surface area contributed by atoms with Crippen LogP contribution in [0.2, 0.25) is 0 Å². The van der Waals surface area contributed by atoms with E-state index in [2.05, 4.69) is 9.97 Å². The number of fused-ring (bicyclic) bond motifs is 1. The summed E-state index contributed by atoms with van der Waals surface area (Å²) in [6.45, 7) is 0. The molecular formula is C14H12N2O. The van der Waals surface area contributed by atoms with Crippen molar-refractivity contribution < 1.29 is 5.11 Å². The first kappa shape index (κ1) is 10.1. The Bertz CT molecular complexity index is 626. The third-order valence-corrected chi connectivity index (χ3v) is 2.93. The van der Waals surface area contributed by atoms with E-state index in [9.17, 15) is 5.11 Å². The van der Waals surface area contributed by atoms with Crippen LogP contribution in [0.3, 0.4) is 0 Å². The first-order chi connectivity index (χ1) is 8.36. The van der Waals surface area contributed by atoms with Gasteiger partial charge in [0.1, 0.15) is 6.10 Å². The zero-order valence-electron chi connectivity index (χ0n) is 9.17. The maximum Gasteiger partial charge on any atom is 0.121 e. The monoisotopic (exact) mass is 224 g/mol. The van der Waals surface area contributed by atoms with Gasteiger partial charge in [-0.2, -0.15) is 0 Å². The van der Waals surface area contributed by atoms with Crippen LogP contribution in [0.15, 0.2) is 55.0 Å². The summed E-state index contributed by atoms with van der Waals surface area (Å²) in [6.07, 6.45) is 2.56. The smallest absolute Gasteiger partial charge is 0.121 e. The Balaban J connectivity index is 2.17. The fourth-order valence-electron chi connectivity index (χ4n) is 2.07. The third-order valence-electron chi connectivity index (χ3n) is 2.93. The minimum atomic E-state index is -0.663. The molecule has 3 heteroatoms. The highest BCUT2D eigenvalue weighted by atomic mass is 16.3. The first-order valence-corrected chi connectivity index (χ1v) is 5.50. The van der Waals surface area contributed by atoms with Crippen LogP contribution in [-0.2, 0) is 0 Å². The molecule has 0 radical (unpaired) electrons. The van der Waals surface area contributed by atoms with E-state index < -0.39 is 6.10 Å². The summed E-state index contributed by atoms with van der Waals surface area (Å²) in [5.74, 6) is 0. The van der Waals surface area contributed by atoms with E-state index in [1.54, 1.807) is 12.5 Å². The van der Waals surface area contributed by atoms with Gasteiger partial charge in [0.2, 0.25) is 0 Å². The molecule has 2 N–H and O–H groups in total. The van der Waals surface area contributed by atoms with Crippen LogP contribution < -0.4 is 0 Å². The Morgan fingerprint density at radius 2 is 1.88 bits per heavy atom. The Kier molecular flexibility index (Phi) is 2.38. The lowest BCUT2D eigenvalue weighted by Crippen LogP contribution is -2.00. The van der Waals surface area contributed by atoms with Gasteiger partial charge in [0.05, 0.1) is 18.2 Å². The summed E-state index contributed by atoms with van der Waals surface area (Å²) in [5, 5.41) is 12.5. The Hall–Kier alpha value is -2.13. The van der Waals surface area contributed by atoms with Gasteiger partial charge in [0.25, 0.3) is 0 Å². The van der Waals surface area contributed by atoms with Crippen molar-refractivity contribution >= 4 is 10.8 Å². The molecule has 0 saturated carbocycles. The second kappa shape index (κ2) is 4.03. The lowest BCUT2D eigenvalue weighted by atomic mass is 9.99. The molecule has 0 unspecified atom stereocenters.